The minimum Gasteiger partial charge on any atom is -0.385 e. The molecule has 0 saturated carbocycles. The molecule has 6 heteroatoms. The molecular formula is C22H24N4O2. The van der Waals surface area contributed by atoms with E-state index < -0.39 is 0 Å². The van der Waals surface area contributed by atoms with Crippen molar-refractivity contribution in [2.75, 3.05) is 19.1 Å². The van der Waals surface area contributed by atoms with Crippen LogP contribution in [0.3, 0.4) is 0 Å². The first kappa shape index (κ1) is 19.5. The second-order valence-electron chi connectivity index (χ2n) is 6.42. The van der Waals surface area contributed by atoms with Crippen molar-refractivity contribution in [3.05, 3.63) is 76.1 Å². The van der Waals surface area contributed by atoms with E-state index in [1.54, 1.807) is 24.0 Å². The largest absolute Gasteiger partial charge is 0.385 e. The lowest BCUT2D eigenvalue weighted by atomic mass is 10.1. The number of hydrogen-bond acceptors (Lipinski definition) is 5. The fraction of sp³-hybridized carbons (Fsp3) is 0.227. The Morgan fingerprint density at radius 3 is 2.71 bits per heavy atom. The molecule has 0 saturated heterocycles. The summed E-state index contributed by atoms with van der Waals surface area (Å²) in [5, 5.41) is 4.87. The molecule has 28 heavy (non-hydrogen) atoms. The van der Waals surface area contributed by atoms with E-state index in [9.17, 15) is 4.79 Å². The minimum atomic E-state index is -0.0871. The van der Waals surface area contributed by atoms with Gasteiger partial charge >= 0.3 is 0 Å². The molecule has 0 aliphatic carbocycles. The summed E-state index contributed by atoms with van der Waals surface area (Å²) in [6, 6.07) is 17.3. The Morgan fingerprint density at radius 1 is 1.18 bits per heavy atom. The Kier molecular flexibility index (Phi) is 6.70. The van der Waals surface area contributed by atoms with Crippen LogP contribution in [-0.2, 0) is 11.3 Å². The number of para-hydroxylation sites is 1. The van der Waals surface area contributed by atoms with Crippen LogP contribution in [0, 0.1) is 0 Å². The SMILES string of the molecule is COCCCn1c(N/N=C\C(C)=C\c2ccccc2)nc2ccccc2c1=O. The molecule has 1 N–H and O–H groups in total. The summed E-state index contributed by atoms with van der Waals surface area (Å²) in [5.41, 5.74) is 5.57. The van der Waals surface area contributed by atoms with Gasteiger partial charge in [0.25, 0.3) is 5.56 Å². The summed E-state index contributed by atoms with van der Waals surface area (Å²) in [6.07, 6.45) is 4.46. The highest BCUT2D eigenvalue weighted by Crippen LogP contribution is 2.12. The van der Waals surface area contributed by atoms with E-state index >= 15 is 0 Å². The summed E-state index contributed by atoms with van der Waals surface area (Å²) in [5.74, 6) is 0.420. The van der Waals surface area contributed by atoms with Crippen LogP contribution in [0.2, 0.25) is 0 Å². The zero-order chi connectivity index (χ0) is 19.8. The van der Waals surface area contributed by atoms with E-state index in [0.29, 0.717) is 36.4 Å². The Bertz CT molecular complexity index is 1040. The number of hydrogen-bond donors (Lipinski definition) is 1. The van der Waals surface area contributed by atoms with Crippen LogP contribution >= 0.6 is 0 Å². The van der Waals surface area contributed by atoms with Gasteiger partial charge in [0.05, 0.1) is 17.1 Å². The quantitative estimate of drug-likeness (QED) is 0.367. The highest BCUT2D eigenvalue weighted by molar-refractivity contribution is 5.85. The first-order chi connectivity index (χ1) is 13.7. The molecule has 0 amide bonds. The molecule has 3 aromatic rings. The molecule has 2 aromatic carbocycles. The molecule has 0 fully saturated rings. The smallest absolute Gasteiger partial charge is 0.262 e. The predicted molar refractivity (Wildman–Crippen MR) is 115 cm³/mol. The van der Waals surface area contributed by atoms with E-state index in [4.69, 9.17) is 4.74 Å². The maximum atomic E-state index is 12.9. The zero-order valence-electron chi connectivity index (χ0n) is 16.1. The summed E-state index contributed by atoms with van der Waals surface area (Å²) in [4.78, 5) is 17.4. The molecule has 0 bridgehead atoms. The lowest BCUT2D eigenvalue weighted by Crippen LogP contribution is -2.24. The average molecular weight is 376 g/mol. The number of hydrazone groups is 1. The lowest BCUT2D eigenvalue weighted by Gasteiger charge is -2.12. The monoisotopic (exact) mass is 376 g/mol. The molecular weight excluding hydrogens is 352 g/mol. The Balaban J connectivity index is 1.85. The number of nitrogens with one attached hydrogen (secondary N) is 1. The second-order valence-corrected chi connectivity index (χ2v) is 6.42. The standard InChI is InChI=1S/C22H24N4O2/c1-17(15-18-9-4-3-5-10-18)16-23-25-22-24-20-12-7-6-11-19(20)21(27)26(22)13-8-14-28-2/h3-7,9-12,15-16H,8,13-14H2,1-2H3,(H,24,25)/b17-15+,23-16-. The van der Waals surface area contributed by atoms with Crippen LogP contribution < -0.4 is 11.0 Å². The molecule has 0 spiro atoms. The number of fused-ring (bicyclic) bond motifs is 1. The van der Waals surface area contributed by atoms with Crippen molar-refractivity contribution in [2.45, 2.75) is 19.9 Å². The lowest BCUT2D eigenvalue weighted by molar-refractivity contribution is 0.190. The van der Waals surface area contributed by atoms with Gasteiger partial charge in [-0.25, -0.2) is 10.4 Å². The van der Waals surface area contributed by atoms with Crippen molar-refractivity contribution in [1.82, 2.24) is 9.55 Å². The number of benzene rings is 2. The molecule has 0 aliphatic heterocycles. The van der Waals surface area contributed by atoms with E-state index in [0.717, 1.165) is 11.1 Å². The van der Waals surface area contributed by atoms with Crippen molar-refractivity contribution in [3.8, 4) is 0 Å². The topological polar surface area (TPSA) is 68.5 Å². The number of allylic oxidation sites excluding steroid dienone is 1. The maximum Gasteiger partial charge on any atom is 0.262 e. The summed E-state index contributed by atoms with van der Waals surface area (Å²) in [7, 11) is 1.65. The zero-order valence-corrected chi connectivity index (χ0v) is 16.1. The molecule has 1 heterocycles. The van der Waals surface area contributed by atoms with E-state index in [1.807, 2.05) is 61.5 Å². The second kappa shape index (κ2) is 9.62. The van der Waals surface area contributed by atoms with Gasteiger partial charge in [0, 0.05) is 20.3 Å². The summed E-state index contributed by atoms with van der Waals surface area (Å²) < 4.78 is 6.71. The maximum absolute atomic E-state index is 12.9. The molecule has 1 aromatic heterocycles. The minimum absolute atomic E-state index is 0.0871. The highest BCUT2D eigenvalue weighted by Gasteiger charge is 2.10. The van der Waals surface area contributed by atoms with Crippen molar-refractivity contribution < 1.29 is 4.74 Å². The van der Waals surface area contributed by atoms with Gasteiger partial charge in [-0.3, -0.25) is 9.36 Å². The van der Waals surface area contributed by atoms with Gasteiger partial charge in [-0.05, 0) is 36.6 Å². The number of methoxy groups -OCH3 is 1. The van der Waals surface area contributed by atoms with Crippen LogP contribution in [0.25, 0.3) is 17.0 Å². The van der Waals surface area contributed by atoms with Crippen molar-refractivity contribution in [2.24, 2.45) is 5.10 Å². The van der Waals surface area contributed by atoms with Gasteiger partial charge in [0.2, 0.25) is 5.95 Å². The molecule has 0 aliphatic rings. The van der Waals surface area contributed by atoms with E-state index in [2.05, 4.69) is 15.5 Å². The number of anilines is 1. The predicted octanol–water partition coefficient (Wildman–Crippen LogP) is 3.93. The Hall–Kier alpha value is -3.25. The average Bonchev–Trinajstić information content (AvgIpc) is 2.71. The normalized spacial score (nSPS) is 12.0. The van der Waals surface area contributed by atoms with E-state index in [1.165, 1.54) is 0 Å². The number of ether oxygens (including phenoxy) is 1. The van der Waals surface area contributed by atoms with Gasteiger partial charge in [0.1, 0.15) is 0 Å². The molecule has 0 unspecified atom stereocenters. The number of aromatic nitrogens is 2. The molecule has 144 valence electrons. The summed E-state index contributed by atoms with van der Waals surface area (Å²) in [6.45, 7) is 3.04. The fourth-order valence-electron chi connectivity index (χ4n) is 2.87. The highest BCUT2D eigenvalue weighted by atomic mass is 16.5. The van der Waals surface area contributed by atoms with Crippen molar-refractivity contribution >= 4 is 29.1 Å². The Morgan fingerprint density at radius 2 is 1.93 bits per heavy atom. The molecule has 6 nitrogen and oxygen atoms in total. The first-order valence-corrected chi connectivity index (χ1v) is 9.20. The van der Waals surface area contributed by atoms with Crippen LogP contribution in [0.5, 0.6) is 0 Å². The van der Waals surface area contributed by atoms with E-state index in [-0.39, 0.29) is 5.56 Å². The third-order valence-corrected chi connectivity index (χ3v) is 4.22. The van der Waals surface area contributed by atoms with Gasteiger partial charge in [-0.1, -0.05) is 48.5 Å². The van der Waals surface area contributed by atoms with Gasteiger partial charge < -0.3 is 4.74 Å². The molecule has 3 rings (SSSR count). The van der Waals surface area contributed by atoms with Crippen LogP contribution in [0.1, 0.15) is 18.9 Å². The van der Waals surface area contributed by atoms with Crippen LogP contribution in [-0.4, -0.2) is 29.5 Å². The Labute approximate surface area is 164 Å². The van der Waals surface area contributed by atoms with Crippen molar-refractivity contribution in [3.63, 3.8) is 0 Å². The first-order valence-electron chi connectivity index (χ1n) is 9.20. The number of rotatable bonds is 8. The third-order valence-electron chi connectivity index (χ3n) is 4.22. The molecule has 0 atom stereocenters. The fourth-order valence-corrected chi connectivity index (χ4v) is 2.87. The van der Waals surface area contributed by atoms with Gasteiger partial charge in [0.15, 0.2) is 0 Å². The summed E-state index contributed by atoms with van der Waals surface area (Å²) >= 11 is 0. The van der Waals surface area contributed by atoms with Crippen molar-refractivity contribution in [1.29, 1.82) is 0 Å². The van der Waals surface area contributed by atoms with Gasteiger partial charge in [-0.15, -0.1) is 0 Å². The van der Waals surface area contributed by atoms with Crippen LogP contribution in [0.4, 0.5) is 5.95 Å². The third kappa shape index (κ3) is 4.92. The molecule has 0 radical (unpaired) electrons. The number of nitrogens with zero attached hydrogens (tertiary/aromatic N) is 3. The van der Waals surface area contributed by atoms with Crippen LogP contribution in [0.15, 0.2) is 70.1 Å². The van der Waals surface area contributed by atoms with Gasteiger partial charge in [-0.2, -0.15) is 5.10 Å².